The van der Waals surface area contributed by atoms with Crippen molar-refractivity contribution in [2.75, 3.05) is 26.2 Å². The number of ether oxygens (including phenoxy) is 5. The van der Waals surface area contributed by atoms with Crippen molar-refractivity contribution in [3.8, 4) is 5.75 Å². The number of nitrogens with one attached hydrogen (secondary N) is 1. The fourth-order valence-electron chi connectivity index (χ4n) is 7.14. The molecule has 1 aliphatic carbocycles. The van der Waals surface area contributed by atoms with Gasteiger partial charge in [0.05, 0.1) is 13.2 Å². The topological polar surface area (TPSA) is 147 Å². The van der Waals surface area contributed by atoms with E-state index in [0.29, 0.717) is 23.9 Å². The van der Waals surface area contributed by atoms with Crippen LogP contribution in [0.1, 0.15) is 56.7 Å². The molecule has 3 aromatic carbocycles. The first-order valence-electron chi connectivity index (χ1n) is 17.2. The fourth-order valence-corrected chi connectivity index (χ4v) is 7.14. The van der Waals surface area contributed by atoms with Crippen LogP contribution in [0.5, 0.6) is 5.75 Å². The summed E-state index contributed by atoms with van der Waals surface area (Å²) in [5, 5.41) is 4.91. The number of ketones is 1. The van der Waals surface area contributed by atoms with Crippen LogP contribution in [0.3, 0.4) is 0 Å². The number of halogens is 3. The van der Waals surface area contributed by atoms with E-state index < -0.39 is 59.8 Å². The highest BCUT2D eigenvalue weighted by molar-refractivity contribution is 6.05. The molecule has 12 nitrogen and oxygen atoms in total. The minimum absolute atomic E-state index is 0.0717. The van der Waals surface area contributed by atoms with Gasteiger partial charge in [-0.1, -0.05) is 24.3 Å². The maximum atomic E-state index is 13.7. The van der Waals surface area contributed by atoms with Gasteiger partial charge in [-0.15, -0.1) is 0 Å². The summed E-state index contributed by atoms with van der Waals surface area (Å²) in [5.74, 6) is -4.14. The molecule has 4 atom stereocenters. The number of carbonyl (C=O) groups excluding carboxylic acids is 5. The molecule has 2 aliphatic heterocycles. The van der Waals surface area contributed by atoms with Crippen molar-refractivity contribution < 1.29 is 60.8 Å². The molecule has 3 aromatic rings. The van der Waals surface area contributed by atoms with Crippen molar-refractivity contribution >= 4 is 51.1 Å². The summed E-state index contributed by atoms with van der Waals surface area (Å²) in [4.78, 5) is 65.3. The lowest BCUT2D eigenvalue weighted by atomic mass is 9.74. The number of hydrogen-bond donors (Lipinski definition) is 1. The van der Waals surface area contributed by atoms with Crippen molar-refractivity contribution in [2.24, 2.45) is 0 Å². The van der Waals surface area contributed by atoms with Crippen molar-refractivity contribution in [3.05, 3.63) is 53.1 Å². The van der Waals surface area contributed by atoms with Gasteiger partial charge in [-0.3, -0.25) is 19.2 Å². The summed E-state index contributed by atoms with van der Waals surface area (Å²) >= 11 is 0. The molecule has 0 spiro atoms. The van der Waals surface area contributed by atoms with Gasteiger partial charge in [-0.2, -0.15) is 13.2 Å². The van der Waals surface area contributed by atoms with Gasteiger partial charge in [-0.05, 0) is 78.9 Å². The largest absolute Gasteiger partial charge is 0.471 e. The molecule has 2 bridgehead atoms. The standard InChI is InChI=1S/C37H39F3N2O10/c1-4-42-18-29-50-31(33(42)45)32(51-29)34(46)52-36(20(2)43)12-11-24-27(17-36)30(49-21(3)44)26-16-23-10-6-5-9-22(23)15-25(26)28(24)19-48-14-8-7-13-41-35(47)37(38,39)40/h5-6,9-10,15-16,29,31-32H,4,7-8,11-14,17-19H2,1-3H3,(H,41,47)/t29-,31+,32+,36+/m0/s1. The third-order valence-corrected chi connectivity index (χ3v) is 9.80. The molecule has 1 N–H and O–H groups in total. The minimum Gasteiger partial charge on any atom is -0.449 e. The molecule has 0 saturated carbocycles. The van der Waals surface area contributed by atoms with E-state index in [4.69, 9.17) is 23.7 Å². The Hall–Kier alpha value is -4.60. The van der Waals surface area contributed by atoms with E-state index in [0.717, 1.165) is 27.3 Å². The molecule has 52 heavy (non-hydrogen) atoms. The Labute approximate surface area is 296 Å². The fraction of sp³-hybridized carbons (Fsp3) is 0.486. The monoisotopic (exact) mass is 728 g/mol. The van der Waals surface area contributed by atoms with Gasteiger partial charge in [0.1, 0.15) is 5.75 Å². The second-order valence-electron chi connectivity index (χ2n) is 13.2. The van der Waals surface area contributed by atoms with Gasteiger partial charge < -0.3 is 33.9 Å². The van der Waals surface area contributed by atoms with Gasteiger partial charge in [0, 0.05) is 44.0 Å². The third-order valence-electron chi connectivity index (χ3n) is 9.80. The van der Waals surface area contributed by atoms with Crippen LogP contribution < -0.4 is 10.1 Å². The highest BCUT2D eigenvalue weighted by Crippen LogP contribution is 2.46. The van der Waals surface area contributed by atoms with E-state index in [9.17, 15) is 37.1 Å². The van der Waals surface area contributed by atoms with Crippen molar-refractivity contribution in [2.45, 2.75) is 89.8 Å². The zero-order valence-corrected chi connectivity index (χ0v) is 28.9. The second kappa shape index (κ2) is 14.8. The van der Waals surface area contributed by atoms with Crippen LogP contribution in [0.25, 0.3) is 21.5 Å². The summed E-state index contributed by atoms with van der Waals surface area (Å²) in [6.45, 7) is 5.03. The molecule has 2 saturated heterocycles. The molecule has 0 unspecified atom stereocenters. The molecule has 6 rings (SSSR count). The van der Waals surface area contributed by atoms with Gasteiger partial charge in [0.15, 0.2) is 29.9 Å². The summed E-state index contributed by atoms with van der Waals surface area (Å²) in [5.41, 5.74) is 0.300. The number of hydrogen-bond acceptors (Lipinski definition) is 10. The van der Waals surface area contributed by atoms with E-state index in [-0.39, 0.29) is 57.7 Å². The lowest BCUT2D eigenvalue weighted by Crippen LogP contribution is -2.53. The number of alkyl halides is 3. The average molecular weight is 729 g/mol. The maximum absolute atomic E-state index is 13.7. The zero-order valence-electron chi connectivity index (χ0n) is 28.9. The van der Waals surface area contributed by atoms with E-state index >= 15 is 0 Å². The Bertz CT molecular complexity index is 1930. The quantitative estimate of drug-likeness (QED) is 0.125. The van der Waals surface area contributed by atoms with E-state index in [1.54, 1.807) is 6.92 Å². The smallest absolute Gasteiger partial charge is 0.449 e. The molecule has 15 heteroatoms. The number of rotatable bonds is 12. The molecule has 2 heterocycles. The SMILES string of the molecule is CCN1C[C@@H]2O[C@@H](C(=O)O[C@]3(C(C)=O)CCc4c(c(OC(C)=O)c5cc6ccccc6cc5c4COCCCCNC(=O)C(F)(F)F)C3)[C@@H](O2)C1=O. The van der Waals surface area contributed by atoms with Gasteiger partial charge in [-0.25, -0.2) is 4.79 Å². The molecule has 0 radical (unpaired) electrons. The maximum Gasteiger partial charge on any atom is 0.471 e. The summed E-state index contributed by atoms with van der Waals surface area (Å²) in [7, 11) is 0. The van der Waals surface area contributed by atoms with E-state index in [1.807, 2.05) is 41.7 Å². The number of carbonyl (C=O) groups is 5. The number of Topliss-reactive ketones (excluding diaryl/α,β-unsaturated/α-hetero) is 1. The normalized spacial score (nSPS) is 22.7. The Morgan fingerprint density at radius 3 is 2.38 bits per heavy atom. The first-order valence-corrected chi connectivity index (χ1v) is 17.2. The molecular formula is C37H39F3N2O10. The number of amides is 2. The summed E-state index contributed by atoms with van der Waals surface area (Å²) in [6, 6.07) is 11.4. The zero-order chi connectivity index (χ0) is 37.4. The number of esters is 2. The first kappa shape index (κ1) is 37.2. The molecule has 2 fully saturated rings. The van der Waals surface area contributed by atoms with Crippen LogP contribution >= 0.6 is 0 Å². The van der Waals surface area contributed by atoms with Gasteiger partial charge in [0.25, 0.3) is 5.91 Å². The molecule has 278 valence electrons. The Morgan fingerprint density at radius 1 is 1.02 bits per heavy atom. The predicted molar refractivity (Wildman–Crippen MR) is 178 cm³/mol. The summed E-state index contributed by atoms with van der Waals surface area (Å²) < 4.78 is 66.9. The van der Waals surface area contributed by atoms with E-state index in [1.165, 1.54) is 18.7 Å². The molecule has 3 aliphatic rings. The van der Waals surface area contributed by atoms with Crippen LogP contribution in [0.2, 0.25) is 0 Å². The number of likely N-dealkylation sites (N-methyl/N-ethyl adjacent to an activating group) is 1. The number of fused-ring (bicyclic) bond motifs is 5. The number of nitrogens with zero attached hydrogens (tertiary/aromatic N) is 1. The lowest BCUT2D eigenvalue weighted by molar-refractivity contribution is -0.178. The third kappa shape index (κ3) is 7.34. The van der Waals surface area contributed by atoms with Crippen molar-refractivity contribution in [3.63, 3.8) is 0 Å². The first-order chi connectivity index (χ1) is 24.7. The Balaban J connectivity index is 1.32. The number of benzene rings is 3. The lowest BCUT2D eigenvalue weighted by Gasteiger charge is -2.38. The minimum atomic E-state index is -4.95. The Morgan fingerprint density at radius 2 is 1.73 bits per heavy atom. The number of unbranched alkanes of at least 4 members (excludes halogenated alkanes) is 1. The van der Waals surface area contributed by atoms with Crippen LogP contribution in [0, 0.1) is 0 Å². The average Bonchev–Trinajstić information content (AvgIpc) is 3.47. The molecule has 2 amide bonds. The van der Waals surface area contributed by atoms with Crippen molar-refractivity contribution in [1.29, 1.82) is 0 Å². The van der Waals surface area contributed by atoms with Crippen LogP contribution in [0.15, 0.2) is 36.4 Å². The van der Waals surface area contributed by atoms with E-state index in [2.05, 4.69) is 0 Å². The summed E-state index contributed by atoms with van der Waals surface area (Å²) in [6.07, 6.45) is -7.56. The highest BCUT2D eigenvalue weighted by Gasteiger charge is 2.54. The molecule has 0 aromatic heterocycles. The van der Waals surface area contributed by atoms with Crippen LogP contribution in [-0.2, 0) is 62.4 Å². The Kier molecular flexibility index (Phi) is 10.6. The van der Waals surface area contributed by atoms with Gasteiger partial charge in [0.2, 0.25) is 0 Å². The second-order valence-corrected chi connectivity index (χ2v) is 13.2. The van der Waals surface area contributed by atoms with Gasteiger partial charge >= 0.3 is 24.0 Å². The number of morpholine rings is 1. The predicted octanol–water partition coefficient (Wildman–Crippen LogP) is 4.23. The van der Waals surface area contributed by atoms with Crippen LogP contribution in [0.4, 0.5) is 13.2 Å². The van der Waals surface area contributed by atoms with Crippen molar-refractivity contribution in [1.82, 2.24) is 10.2 Å². The van der Waals surface area contributed by atoms with Crippen LogP contribution in [-0.4, -0.2) is 91.0 Å². The molecular weight excluding hydrogens is 689 g/mol. The highest BCUT2D eigenvalue weighted by atomic mass is 19.4.